The molecular formula is C17H19NO. The molecule has 2 aromatic rings. The Labute approximate surface area is 114 Å². The summed E-state index contributed by atoms with van der Waals surface area (Å²) in [7, 11) is 1.70. The number of aromatic nitrogens is 1. The summed E-state index contributed by atoms with van der Waals surface area (Å²) in [6, 6.07) is 10.4. The molecule has 0 amide bonds. The van der Waals surface area contributed by atoms with Crippen LogP contribution in [0.15, 0.2) is 48.3 Å². The molecule has 0 fully saturated rings. The summed E-state index contributed by atoms with van der Waals surface area (Å²) in [5.74, 6) is 0.934. The molecule has 19 heavy (non-hydrogen) atoms. The van der Waals surface area contributed by atoms with Crippen molar-refractivity contribution in [3.05, 3.63) is 65.0 Å². The van der Waals surface area contributed by atoms with Crippen LogP contribution in [-0.4, -0.2) is 12.1 Å². The first-order valence-corrected chi connectivity index (χ1v) is 6.40. The van der Waals surface area contributed by atoms with Crippen LogP contribution in [0.25, 0.3) is 6.08 Å². The van der Waals surface area contributed by atoms with Crippen LogP contribution in [0, 0.1) is 6.92 Å². The summed E-state index contributed by atoms with van der Waals surface area (Å²) in [4.78, 5) is 4.03. The van der Waals surface area contributed by atoms with Crippen LogP contribution >= 0.6 is 0 Å². The van der Waals surface area contributed by atoms with Gasteiger partial charge in [0.2, 0.25) is 0 Å². The zero-order valence-corrected chi connectivity index (χ0v) is 11.7. The minimum atomic E-state index is 0.934. The van der Waals surface area contributed by atoms with Gasteiger partial charge in [0.15, 0.2) is 0 Å². The molecule has 1 aromatic carbocycles. The van der Waals surface area contributed by atoms with E-state index in [4.69, 9.17) is 4.74 Å². The summed E-state index contributed by atoms with van der Waals surface area (Å²) < 4.78 is 5.27. The maximum absolute atomic E-state index is 5.27. The third kappa shape index (κ3) is 3.68. The van der Waals surface area contributed by atoms with Crippen LogP contribution in [0.3, 0.4) is 0 Å². The molecule has 0 bridgehead atoms. The van der Waals surface area contributed by atoms with Gasteiger partial charge in [0.1, 0.15) is 5.75 Å². The van der Waals surface area contributed by atoms with Crippen molar-refractivity contribution >= 4 is 6.08 Å². The van der Waals surface area contributed by atoms with Gasteiger partial charge in [0, 0.05) is 12.4 Å². The summed E-state index contributed by atoms with van der Waals surface area (Å²) >= 11 is 0. The van der Waals surface area contributed by atoms with E-state index in [1.165, 1.54) is 16.7 Å². The lowest BCUT2D eigenvalue weighted by Crippen LogP contribution is -1.89. The molecule has 0 spiro atoms. The van der Waals surface area contributed by atoms with Crippen molar-refractivity contribution in [3.63, 3.8) is 0 Å². The number of rotatable bonds is 4. The van der Waals surface area contributed by atoms with Gasteiger partial charge in [0.05, 0.1) is 7.11 Å². The van der Waals surface area contributed by atoms with Crippen LogP contribution in [0.5, 0.6) is 5.75 Å². The molecule has 1 heterocycles. The lowest BCUT2D eigenvalue weighted by atomic mass is 10.0. The van der Waals surface area contributed by atoms with E-state index in [1.807, 2.05) is 18.5 Å². The molecule has 1 aromatic heterocycles. The first-order chi connectivity index (χ1) is 9.19. The topological polar surface area (TPSA) is 22.1 Å². The molecule has 2 heteroatoms. The number of hydrogen-bond acceptors (Lipinski definition) is 2. The van der Waals surface area contributed by atoms with Crippen LogP contribution in [0.4, 0.5) is 0 Å². The number of allylic oxidation sites excluding steroid dienone is 1. The van der Waals surface area contributed by atoms with E-state index in [-0.39, 0.29) is 0 Å². The highest BCUT2D eigenvalue weighted by atomic mass is 16.5. The predicted octanol–water partition coefficient (Wildman–Crippen LogP) is 4.04. The van der Waals surface area contributed by atoms with E-state index < -0.39 is 0 Å². The van der Waals surface area contributed by atoms with Gasteiger partial charge in [-0.05, 0) is 61.2 Å². The second-order valence-electron chi connectivity index (χ2n) is 4.75. The molecule has 0 saturated heterocycles. The van der Waals surface area contributed by atoms with Gasteiger partial charge >= 0.3 is 0 Å². The maximum atomic E-state index is 5.27. The summed E-state index contributed by atoms with van der Waals surface area (Å²) in [6.45, 7) is 4.22. The number of aryl methyl sites for hydroxylation is 1. The monoisotopic (exact) mass is 253 g/mol. The molecule has 0 aliphatic carbocycles. The SMILES string of the molecule is COc1ccc(/C=C(\C)Cc2ccncc2)cc1C. The zero-order chi connectivity index (χ0) is 13.7. The molecule has 0 aliphatic rings. The molecular weight excluding hydrogens is 234 g/mol. The Bertz CT molecular complexity index is 573. The van der Waals surface area contributed by atoms with Gasteiger partial charge in [-0.15, -0.1) is 0 Å². The Morgan fingerprint density at radius 1 is 1.21 bits per heavy atom. The average Bonchev–Trinajstić information content (AvgIpc) is 2.40. The molecule has 2 rings (SSSR count). The molecule has 0 radical (unpaired) electrons. The van der Waals surface area contributed by atoms with Gasteiger partial charge in [-0.1, -0.05) is 17.7 Å². The Morgan fingerprint density at radius 3 is 2.58 bits per heavy atom. The minimum Gasteiger partial charge on any atom is -0.496 e. The fourth-order valence-electron chi connectivity index (χ4n) is 2.15. The molecule has 0 aliphatic heterocycles. The van der Waals surface area contributed by atoms with E-state index in [9.17, 15) is 0 Å². The van der Waals surface area contributed by atoms with Gasteiger partial charge in [-0.25, -0.2) is 0 Å². The maximum Gasteiger partial charge on any atom is 0.121 e. The fourth-order valence-corrected chi connectivity index (χ4v) is 2.15. The largest absolute Gasteiger partial charge is 0.496 e. The highest BCUT2D eigenvalue weighted by molar-refractivity contribution is 5.56. The van der Waals surface area contributed by atoms with Crippen LogP contribution in [-0.2, 0) is 6.42 Å². The smallest absolute Gasteiger partial charge is 0.121 e. The number of pyridine rings is 1. The first kappa shape index (κ1) is 13.3. The highest BCUT2D eigenvalue weighted by Gasteiger charge is 1.99. The number of ether oxygens (including phenoxy) is 1. The second-order valence-corrected chi connectivity index (χ2v) is 4.75. The van der Waals surface area contributed by atoms with Crippen molar-refractivity contribution in [2.45, 2.75) is 20.3 Å². The Hall–Kier alpha value is -2.09. The Balaban J connectivity index is 2.14. The molecule has 2 nitrogen and oxygen atoms in total. The van der Waals surface area contributed by atoms with Crippen LogP contribution < -0.4 is 4.74 Å². The lowest BCUT2D eigenvalue weighted by molar-refractivity contribution is 0.411. The molecule has 0 atom stereocenters. The van der Waals surface area contributed by atoms with Crippen LogP contribution in [0.1, 0.15) is 23.6 Å². The molecule has 0 saturated carbocycles. The number of methoxy groups -OCH3 is 1. The van der Waals surface area contributed by atoms with Crippen molar-refractivity contribution in [2.24, 2.45) is 0 Å². The second kappa shape index (κ2) is 6.19. The molecule has 0 N–H and O–H groups in total. The molecule has 0 unspecified atom stereocenters. The molecule has 98 valence electrons. The van der Waals surface area contributed by atoms with Crippen molar-refractivity contribution in [1.29, 1.82) is 0 Å². The minimum absolute atomic E-state index is 0.934. The summed E-state index contributed by atoms with van der Waals surface area (Å²) in [5.41, 5.74) is 4.99. The van der Waals surface area contributed by atoms with Crippen molar-refractivity contribution in [1.82, 2.24) is 4.98 Å². The zero-order valence-electron chi connectivity index (χ0n) is 11.7. The van der Waals surface area contributed by atoms with Crippen molar-refractivity contribution < 1.29 is 4.74 Å². The van der Waals surface area contributed by atoms with Crippen molar-refractivity contribution in [2.75, 3.05) is 7.11 Å². The lowest BCUT2D eigenvalue weighted by Gasteiger charge is -2.06. The Kier molecular flexibility index (Phi) is 4.35. The third-order valence-corrected chi connectivity index (χ3v) is 3.06. The quantitative estimate of drug-likeness (QED) is 0.820. The normalized spacial score (nSPS) is 11.4. The average molecular weight is 253 g/mol. The predicted molar refractivity (Wildman–Crippen MR) is 79.3 cm³/mol. The van der Waals surface area contributed by atoms with E-state index >= 15 is 0 Å². The van der Waals surface area contributed by atoms with Crippen LogP contribution in [0.2, 0.25) is 0 Å². The standard InChI is InChI=1S/C17H19NO/c1-13(10-15-6-8-18-9-7-15)11-16-4-5-17(19-3)14(2)12-16/h4-9,11-12H,10H2,1-3H3/b13-11+. The van der Waals surface area contributed by atoms with E-state index in [0.717, 1.165) is 17.7 Å². The van der Waals surface area contributed by atoms with Gasteiger partial charge in [-0.3, -0.25) is 4.98 Å². The highest BCUT2D eigenvalue weighted by Crippen LogP contribution is 2.20. The van der Waals surface area contributed by atoms with Crippen molar-refractivity contribution in [3.8, 4) is 5.75 Å². The fraction of sp³-hybridized carbons (Fsp3) is 0.235. The Morgan fingerprint density at radius 2 is 1.95 bits per heavy atom. The summed E-state index contributed by atoms with van der Waals surface area (Å²) in [5, 5.41) is 0. The van der Waals surface area contributed by atoms with Gasteiger partial charge < -0.3 is 4.74 Å². The third-order valence-electron chi connectivity index (χ3n) is 3.06. The van der Waals surface area contributed by atoms with E-state index in [1.54, 1.807) is 7.11 Å². The van der Waals surface area contributed by atoms with Gasteiger partial charge in [0.25, 0.3) is 0 Å². The number of nitrogens with zero attached hydrogens (tertiary/aromatic N) is 1. The first-order valence-electron chi connectivity index (χ1n) is 6.40. The van der Waals surface area contributed by atoms with Gasteiger partial charge in [-0.2, -0.15) is 0 Å². The van der Waals surface area contributed by atoms with E-state index in [0.29, 0.717) is 0 Å². The number of benzene rings is 1. The summed E-state index contributed by atoms with van der Waals surface area (Å²) in [6.07, 6.45) is 6.83. The van der Waals surface area contributed by atoms with E-state index in [2.05, 4.69) is 49.2 Å². The number of hydrogen-bond donors (Lipinski definition) is 0.